The zero-order valence-corrected chi connectivity index (χ0v) is 10.4. The number of nitrogens with zero attached hydrogens (tertiary/aromatic N) is 1. The van der Waals surface area contributed by atoms with Gasteiger partial charge in [0.05, 0.1) is 6.54 Å². The van der Waals surface area contributed by atoms with Crippen molar-refractivity contribution < 1.29 is 4.79 Å². The lowest BCUT2D eigenvalue weighted by molar-refractivity contribution is -0.129. The Hall–Kier alpha value is -0.570. The lowest BCUT2D eigenvalue weighted by atomic mass is 9.89. The molecule has 0 aliphatic heterocycles. The predicted molar refractivity (Wildman–Crippen MR) is 65.2 cm³/mol. The number of hydrogen-bond acceptors (Lipinski definition) is 2. The topological polar surface area (TPSA) is 32.3 Å². The third-order valence-electron chi connectivity index (χ3n) is 3.80. The second kappa shape index (κ2) is 5.67. The molecular weight excluding hydrogens is 200 g/mol. The number of likely N-dealkylation sites (N-methyl/N-ethyl adjacent to an activating group) is 1. The van der Waals surface area contributed by atoms with Crippen molar-refractivity contribution in [1.82, 2.24) is 10.2 Å². The van der Waals surface area contributed by atoms with Crippen LogP contribution in [0.1, 0.15) is 44.9 Å². The van der Waals surface area contributed by atoms with Gasteiger partial charge in [-0.2, -0.15) is 0 Å². The summed E-state index contributed by atoms with van der Waals surface area (Å²) in [5.41, 5.74) is 0. The first-order valence-electron chi connectivity index (χ1n) is 6.73. The van der Waals surface area contributed by atoms with Crippen LogP contribution in [0.3, 0.4) is 0 Å². The van der Waals surface area contributed by atoms with E-state index in [-0.39, 0.29) is 5.91 Å². The SMILES string of the molecule is CN(CC1CCCCC1)C(=O)CNC1CC1. The molecule has 0 unspecified atom stereocenters. The molecule has 2 rings (SSSR count). The van der Waals surface area contributed by atoms with Gasteiger partial charge in [-0.15, -0.1) is 0 Å². The normalized spacial score (nSPS) is 22.1. The quantitative estimate of drug-likeness (QED) is 0.772. The van der Waals surface area contributed by atoms with E-state index in [4.69, 9.17) is 0 Å². The molecule has 0 heterocycles. The zero-order chi connectivity index (χ0) is 11.4. The third kappa shape index (κ3) is 3.78. The highest BCUT2D eigenvalue weighted by Gasteiger charge is 2.23. The van der Waals surface area contributed by atoms with Crippen LogP contribution in [0.4, 0.5) is 0 Å². The lowest BCUT2D eigenvalue weighted by Crippen LogP contribution is -2.39. The fourth-order valence-corrected chi connectivity index (χ4v) is 2.51. The molecule has 0 aromatic carbocycles. The van der Waals surface area contributed by atoms with Crippen LogP contribution in [-0.4, -0.2) is 37.0 Å². The van der Waals surface area contributed by atoms with E-state index in [1.165, 1.54) is 44.9 Å². The molecule has 16 heavy (non-hydrogen) atoms. The molecule has 92 valence electrons. The first-order valence-corrected chi connectivity index (χ1v) is 6.73. The second-order valence-electron chi connectivity index (χ2n) is 5.43. The Balaban J connectivity index is 1.64. The van der Waals surface area contributed by atoms with Crippen molar-refractivity contribution in [2.45, 2.75) is 51.0 Å². The van der Waals surface area contributed by atoms with Gasteiger partial charge in [0.15, 0.2) is 0 Å². The van der Waals surface area contributed by atoms with E-state index < -0.39 is 0 Å². The van der Waals surface area contributed by atoms with E-state index in [0.717, 1.165) is 12.5 Å². The smallest absolute Gasteiger partial charge is 0.236 e. The largest absolute Gasteiger partial charge is 0.344 e. The number of nitrogens with one attached hydrogen (secondary N) is 1. The molecule has 2 aliphatic rings. The number of hydrogen-bond donors (Lipinski definition) is 1. The van der Waals surface area contributed by atoms with Crippen molar-refractivity contribution in [3.8, 4) is 0 Å². The maximum atomic E-state index is 11.8. The molecule has 1 amide bonds. The van der Waals surface area contributed by atoms with E-state index in [1.54, 1.807) is 0 Å². The van der Waals surface area contributed by atoms with Crippen LogP contribution in [0.15, 0.2) is 0 Å². The average Bonchev–Trinajstić information content (AvgIpc) is 3.11. The zero-order valence-electron chi connectivity index (χ0n) is 10.4. The van der Waals surface area contributed by atoms with Crippen LogP contribution in [0.25, 0.3) is 0 Å². The summed E-state index contributed by atoms with van der Waals surface area (Å²) in [7, 11) is 1.95. The second-order valence-corrected chi connectivity index (χ2v) is 5.43. The van der Waals surface area contributed by atoms with Gasteiger partial charge in [-0.25, -0.2) is 0 Å². The lowest BCUT2D eigenvalue weighted by Gasteiger charge is -2.27. The van der Waals surface area contributed by atoms with Gasteiger partial charge in [0.25, 0.3) is 0 Å². The minimum Gasteiger partial charge on any atom is -0.344 e. The summed E-state index contributed by atoms with van der Waals surface area (Å²) in [6, 6.07) is 0.632. The molecule has 2 saturated carbocycles. The van der Waals surface area contributed by atoms with Crippen molar-refractivity contribution in [3.05, 3.63) is 0 Å². The molecule has 0 spiro atoms. The average molecular weight is 224 g/mol. The van der Waals surface area contributed by atoms with Gasteiger partial charge in [-0.1, -0.05) is 19.3 Å². The summed E-state index contributed by atoms with van der Waals surface area (Å²) < 4.78 is 0. The summed E-state index contributed by atoms with van der Waals surface area (Å²) >= 11 is 0. The van der Waals surface area contributed by atoms with E-state index >= 15 is 0 Å². The third-order valence-corrected chi connectivity index (χ3v) is 3.80. The minimum atomic E-state index is 0.262. The molecule has 0 aromatic heterocycles. The number of carbonyl (C=O) groups excluding carboxylic acids is 1. The van der Waals surface area contributed by atoms with Crippen LogP contribution in [0, 0.1) is 5.92 Å². The standard InChI is InChI=1S/C13H24N2O/c1-15(10-11-5-3-2-4-6-11)13(16)9-14-12-7-8-12/h11-12,14H,2-10H2,1H3. The van der Waals surface area contributed by atoms with Gasteiger partial charge < -0.3 is 10.2 Å². The highest BCUT2D eigenvalue weighted by atomic mass is 16.2. The Kier molecular flexibility index (Phi) is 4.22. The van der Waals surface area contributed by atoms with Crippen LogP contribution >= 0.6 is 0 Å². The van der Waals surface area contributed by atoms with Crippen LogP contribution in [-0.2, 0) is 4.79 Å². The molecule has 2 aliphatic carbocycles. The van der Waals surface area contributed by atoms with E-state index in [9.17, 15) is 4.79 Å². The molecule has 3 nitrogen and oxygen atoms in total. The molecule has 0 bridgehead atoms. The monoisotopic (exact) mass is 224 g/mol. The first-order chi connectivity index (χ1) is 7.75. The molecule has 2 fully saturated rings. The summed E-state index contributed by atoms with van der Waals surface area (Å²) in [6.45, 7) is 1.50. The molecule has 0 radical (unpaired) electrons. The number of rotatable bonds is 5. The Morgan fingerprint density at radius 1 is 1.19 bits per heavy atom. The van der Waals surface area contributed by atoms with Crippen molar-refractivity contribution in [2.24, 2.45) is 5.92 Å². The highest BCUT2D eigenvalue weighted by molar-refractivity contribution is 5.78. The fraction of sp³-hybridized carbons (Fsp3) is 0.923. The maximum Gasteiger partial charge on any atom is 0.236 e. The molecule has 0 aromatic rings. The highest BCUT2D eigenvalue weighted by Crippen LogP contribution is 2.24. The van der Waals surface area contributed by atoms with Gasteiger partial charge in [-0.3, -0.25) is 4.79 Å². The van der Waals surface area contributed by atoms with Gasteiger partial charge in [0.1, 0.15) is 0 Å². The van der Waals surface area contributed by atoms with Gasteiger partial charge in [0, 0.05) is 19.6 Å². The summed E-state index contributed by atoms with van der Waals surface area (Å²) in [6.07, 6.45) is 9.22. The number of carbonyl (C=O) groups is 1. The summed E-state index contributed by atoms with van der Waals surface area (Å²) in [5, 5.41) is 3.28. The van der Waals surface area contributed by atoms with E-state index in [0.29, 0.717) is 12.6 Å². The minimum absolute atomic E-state index is 0.262. The van der Waals surface area contributed by atoms with Crippen molar-refractivity contribution >= 4 is 5.91 Å². The molecule has 3 heteroatoms. The summed E-state index contributed by atoms with van der Waals surface area (Å²) in [4.78, 5) is 13.7. The van der Waals surface area contributed by atoms with Crippen LogP contribution in [0.2, 0.25) is 0 Å². The maximum absolute atomic E-state index is 11.8. The predicted octanol–water partition coefficient (Wildman–Crippen LogP) is 1.78. The molecule has 0 saturated heterocycles. The number of amides is 1. The summed E-state index contributed by atoms with van der Waals surface area (Å²) in [5.74, 6) is 1.01. The van der Waals surface area contributed by atoms with Gasteiger partial charge in [-0.05, 0) is 31.6 Å². The molecular formula is C13H24N2O. The van der Waals surface area contributed by atoms with Crippen molar-refractivity contribution in [2.75, 3.05) is 20.1 Å². The fourth-order valence-electron chi connectivity index (χ4n) is 2.51. The Labute approximate surface area is 98.6 Å². The van der Waals surface area contributed by atoms with Gasteiger partial charge >= 0.3 is 0 Å². The van der Waals surface area contributed by atoms with Crippen LogP contribution < -0.4 is 5.32 Å². The van der Waals surface area contributed by atoms with E-state index in [2.05, 4.69) is 5.32 Å². The van der Waals surface area contributed by atoms with Gasteiger partial charge in [0.2, 0.25) is 5.91 Å². The van der Waals surface area contributed by atoms with Crippen LogP contribution in [0.5, 0.6) is 0 Å². The Bertz CT molecular complexity index is 232. The Morgan fingerprint density at radius 3 is 2.50 bits per heavy atom. The van der Waals surface area contributed by atoms with Crippen molar-refractivity contribution in [3.63, 3.8) is 0 Å². The first kappa shape index (κ1) is 11.9. The molecule has 0 atom stereocenters. The Morgan fingerprint density at radius 2 is 1.88 bits per heavy atom. The molecule has 1 N–H and O–H groups in total. The van der Waals surface area contributed by atoms with Crippen molar-refractivity contribution in [1.29, 1.82) is 0 Å². The van der Waals surface area contributed by atoms with E-state index in [1.807, 2.05) is 11.9 Å².